The summed E-state index contributed by atoms with van der Waals surface area (Å²) in [6.07, 6.45) is 1.48. The van der Waals surface area contributed by atoms with Crippen molar-refractivity contribution in [3.05, 3.63) is 0 Å². The second kappa shape index (κ2) is 77.3. The molecule has 8 nitrogen and oxygen atoms in total. The molecular weight excluding hydrogens is 524 g/mol. The van der Waals surface area contributed by atoms with Crippen LogP contribution in [-0.4, -0.2) is 84.4 Å². The zero-order valence-electron chi connectivity index (χ0n) is 15.4. The maximum atomic E-state index is 10.5. The summed E-state index contributed by atoms with van der Waals surface area (Å²) < 4.78 is 35.2. The Hall–Kier alpha value is -0.930. The monoisotopic (exact) mass is 621 g/mol. The molecule has 0 amide bonds. The lowest BCUT2D eigenvalue weighted by Crippen LogP contribution is -2.14. The van der Waals surface area contributed by atoms with E-state index >= 15 is 0 Å². The van der Waals surface area contributed by atoms with E-state index in [1.807, 2.05) is 13.8 Å². The van der Waals surface area contributed by atoms with E-state index in [9.17, 15) is 4.79 Å². The molecule has 2 aliphatic heterocycles. The fraction of sp³-hybridized carbons (Fsp3) is 0.970. The second-order valence-electron chi connectivity index (χ2n) is 5.45. The van der Waals surface area contributed by atoms with Crippen LogP contribution in [0, 0.1) is 0 Å². The van der Waals surface area contributed by atoms with Crippen LogP contribution in [0.25, 0.3) is 0 Å². The van der Waals surface area contributed by atoms with Gasteiger partial charge in [0, 0.05) is 26.2 Å². The van der Waals surface area contributed by atoms with Gasteiger partial charge in [0.15, 0.2) is 0 Å². The Morgan fingerprint density at radius 2 is 0.829 bits per heavy atom. The van der Waals surface area contributed by atoms with Gasteiger partial charge in [-0.2, -0.15) is 0 Å². The Kier molecular flexibility index (Phi) is 199. The van der Waals surface area contributed by atoms with Crippen LogP contribution in [0.3, 0.4) is 0 Å². The molecule has 0 spiro atoms. The van der Waals surface area contributed by atoms with E-state index in [-0.39, 0.29) is 125 Å². The number of carbonyl (C=O) groups excluding carboxylic acids is 1. The van der Waals surface area contributed by atoms with Crippen molar-refractivity contribution in [3.63, 3.8) is 0 Å². The topological polar surface area (TPSA) is 85.0 Å². The van der Waals surface area contributed by atoms with Crippen molar-refractivity contribution in [2.24, 2.45) is 0 Å². The fourth-order valence-electron chi connectivity index (χ4n) is 1.90. The summed E-state index contributed by atoms with van der Waals surface area (Å²) in [5.41, 5.74) is 0. The van der Waals surface area contributed by atoms with E-state index < -0.39 is 6.16 Å². The third-order valence-corrected chi connectivity index (χ3v) is 3.37. The molecule has 8 heteroatoms. The summed E-state index contributed by atoms with van der Waals surface area (Å²) in [7, 11) is 0. The van der Waals surface area contributed by atoms with Crippen molar-refractivity contribution in [1.29, 1.82) is 0 Å². The van der Waals surface area contributed by atoms with E-state index in [0.29, 0.717) is 58.8 Å². The van der Waals surface area contributed by atoms with Gasteiger partial charge in [0.2, 0.25) is 0 Å². The first-order valence-electron chi connectivity index (χ1n) is 9.02. The summed E-state index contributed by atoms with van der Waals surface area (Å²) in [4.78, 5) is 10.5. The van der Waals surface area contributed by atoms with Crippen molar-refractivity contribution >= 4 is 6.16 Å². The summed E-state index contributed by atoms with van der Waals surface area (Å²) in [5, 5.41) is 0. The van der Waals surface area contributed by atoms with Crippen LogP contribution < -0.4 is 0 Å². The summed E-state index contributed by atoms with van der Waals surface area (Å²) in [6, 6.07) is 0. The molecule has 2 unspecified atom stereocenters. The number of epoxide rings is 1. The molecule has 41 heavy (non-hydrogen) atoms. The molecular formula is C33H96O8. The Labute approximate surface area is 267 Å². The summed E-state index contributed by atoms with van der Waals surface area (Å²) in [6.45, 7) is 10.6. The highest BCUT2D eigenvalue weighted by Crippen LogP contribution is 2.12. The second-order valence-corrected chi connectivity index (χ2v) is 5.45. The third-order valence-electron chi connectivity index (χ3n) is 3.37. The fourth-order valence-corrected chi connectivity index (χ4v) is 1.90. The maximum Gasteiger partial charge on any atom is 0.508 e. The quantitative estimate of drug-likeness (QED) is 0.108. The molecule has 0 radical (unpaired) electrons. The molecule has 2 atom stereocenters. The van der Waals surface area contributed by atoms with Crippen LogP contribution in [0.5, 0.6) is 0 Å². The number of hydrogen-bond donors (Lipinski definition) is 0. The van der Waals surface area contributed by atoms with Crippen LogP contribution in [0.1, 0.15) is 146 Å². The molecule has 2 heterocycles. The minimum absolute atomic E-state index is 0. The number of hydrogen-bond acceptors (Lipinski definition) is 8. The van der Waals surface area contributed by atoms with Gasteiger partial charge >= 0.3 is 6.16 Å². The smallest absolute Gasteiger partial charge is 0.430 e. The minimum Gasteiger partial charge on any atom is -0.430 e. The lowest BCUT2D eigenvalue weighted by molar-refractivity contribution is 0.0386. The van der Waals surface area contributed by atoms with Crippen LogP contribution >= 0.6 is 0 Å². The molecule has 2 saturated heterocycles. The molecule has 276 valence electrons. The van der Waals surface area contributed by atoms with Gasteiger partial charge in [-0.05, 0) is 20.3 Å². The van der Waals surface area contributed by atoms with Crippen LogP contribution in [0.15, 0.2) is 0 Å². The molecule has 0 N–H and O–H groups in total. The van der Waals surface area contributed by atoms with E-state index in [0.717, 1.165) is 26.2 Å². The Bertz CT molecular complexity index is 328. The molecule has 0 bridgehead atoms. The van der Waals surface area contributed by atoms with Crippen molar-refractivity contribution in [3.8, 4) is 0 Å². The molecule has 0 aromatic heterocycles. The zero-order valence-corrected chi connectivity index (χ0v) is 15.4. The number of cyclic esters (lactones) is 2. The lowest BCUT2D eigenvalue weighted by atomic mass is 10.3. The first kappa shape index (κ1) is 106. The molecule has 0 saturated carbocycles. The highest BCUT2D eigenvalue weighted by atomic mass is 16.8. The zero-order chi connectivity index (χ0) is 18.2. The Morgan fingerprint density at radius 1 is 0.512 bits per heavy atom. The van der Waals surface area contributed by atoms with Gasteiger partial charge in [0.1, 0.15) is 12.7 Å². The molecule has 2 fully saturated rings. The van der Waals surface area contributed by atoms with E-state index in [1.54, 1.807) is 0 Å². The minimum atomic E-state index is -0.579. The van der Waals surface area contributed by atoms with Gasteiger partial charge in [-0.1, -0.05) is 119 Å². The van der Waals surface area contributed by atoms with Crippen molar-refractivity contribution in [2.45, 2.75) is 158 Å². The van der Waals surface area contributed by atoms with Crippen LogP contribution in [0.2, 0.25) is 0 Å². The molecule has 0 aromatic carbocycles. The van der Waals surface area contributed by atoms with E-state index in [4.69, 9.17) is 28.4 Å². The van der Waals surface area contributed by atoms with E-state index in [1.165, 1.54) is 0 Å². The largest absolute Gasteiger partial charge is 0.508 e. The van der Waals surface area contributed by atoms with E-state index in [2.05, 4.69) is 4.74 Å². The molecule has 0 aromatic rings. The standard InChI is InChI=1S/C9H16O5.C8H16O3.16CH4/c1-2-11-5-6-12-4-3-8-7-13-9(10)14-8;1-2-9-5-6-10-4-3-8-7-11-8;;;;;;;;;;;;;;;;/h8H,2-7H2,1H3;8H,2-7H2,1H3;16*1H4. The van der Waals surface area contributed by atoms with Gasteiger partial charge in [0.25, 0.3) is 0 Å². The average molecular weight is 621 g/mol. The SMILES string of the molecule is C.C.C.C.C.C.C.C.C.C.C.C.C.C.C.C.CCOCCOCCC1CO1.CCOCCOCCC1COC(=O)O1. The number of ether oxygens (including phenoxy) is 7. The van der Waals surface area contributed by atoms with Crippen molar-refractivity contribution in [1.82, 2.24) is 0 Å². The first-order chi connectivity index (χ1) is 12.3. The Balaban J connectivity index is -0.0000000158. The highest BCUT2D eigenvalue weighted by Gasteiger charge is 2.24. The Morgan fingerprint density at radius 3 is 1.10 bits per heavy atom. The van der Waals surface area contributed by atoms with Gasteiger partial charge in [-0.15, -0.1) is 0 Å². The number of rotatable bonds is 14. The van der Waals surface area contributed by atoms with Crippen molar-refractivity contribution < 1.29 is 38.0 Å². The van der Waals surface area contributed by atoms with Gasteiger partial charge in [0.05, 0.1) is 45.7 Å². The summed E-state index contributed by atoms with van der Waals surface area (Å²) >= 11 is 0. The molecule has 0 aliphatic carbocycles. The van der Waals surface area contributed by atoms with Gasteiger partial charge in [-0.25, -0.2) is 4.79 Å². The molecule has 2 aliphatic rings. The lowest BCUT2D eigenvalue weighted by Gasteiger charge is -2.06. The number of carbonyl (C=O) groups is 1. The first-order valence-corrected chi connectivity index (χ1v) is 9.02. The highest BCUT2D eigenvalue weighted by molar-refractivity contribution is 5.61. The predicted octanol–water partition coefficient (Wildman–Crippen LogP) is 12.0. The normalized spacial score (nSPS) is 13.0. The predicted molar refractivity (Wildman–Crippen MR) is 198 cm³/mol. The van der Waals surface area contributed by atoms with Crippen LogP contribution in [0.4, 0.5) is 4.79 Å². The van der Waals surface area contributed by atoms with Gasteiger partial charge < -0.3 is 33.2 Å². The van der Waals surface area contributed by atoms with Crippen LogP contribution in [-0.2, 0) is 33.2 Å². The summed E-state index contributed by atoms with van der Waals surface area (Å²) in [5.74, 6) is 0. The molecule has 2 rings (SSSR count). The van der Waals surface area contributed by atoms with Gasteiger partial charge in [-0.3, -0.25) is 0 Å². The average Bonchev–Trinajstić information content (AvgIpc) is 3.35. The van der Waals surface area contributed by atoms with Crippen molar-refractivity contribution in [2.75, 3.05) is 66.1 Å². The maximum absolute atomic E-state index is 10.5. The third kappa shape index (κ3) is 73.3.